The molecule has 0 unspecified atom stereocenters. The van der Waals surface area contributed by atoms with Crippen LogP contribution in [0.5, 0.6) is 0 Å². The van der Waals surface area contributed by atoms with Crippen LogP contribution < -0.4 is 5.73 Å². The average Bonchev–Trinajstić information content (AvgIpc) is 2.76. The Balaban J connectivity index is 2.02. The van der Waals surface area contributed by atoms with Crippen molar-refractivity contribution in [3.8, 4) is 0 Å². The van der Waals surface area contributed by atoms with Crippen molar-refractivity contribution >= 4 is 0 Å². The predicted octanol–water partition coefficient (Wildman–Crippen LogP) is 3.43. The number of hydrogen-bond acceptors (Lipinski definition) is 1. The molecule has 2 N–H and O–H groups in total. The van der Waals surface area contributed by atoms with Crippen LogP contribution in [0.4, 0.5) is 4.39 Å². The number of hydrogen-bond donors (Lipinski definition) is 1. The summed E-state index contributed by atoms with van der Waals surface area (Å²) >= 11 is 0. The summed E-state index contributed by atoms with van der Waals surface area (Å²) in [4.78, 5) is 0. The van der Waals surface area contributed by atoms with Crippen molar-refractivity contribution < 1.29 is 4.39 Å². The number of halogens is 1. The van der Waals surface area contributed by atoms with Crippen molar-refractivity contribution in [2.45, 2.75) is 56.9 Å². The quantitative estimate of drug-likeness (QED) is 0.790. The number of aryl methyl sites for hydroxylation is 2. The van der Waals surface area contributed by atoms with Crippen molar-refractivity contribution in [2.75, 3.05) is 0 Å². The lowest BCUT2D eigenvalue weighted by Crippen LogP contribution is -2.39. The average molecular weight is 233 g/mol. The molecule has 0 radical (unpaired) electrons. The Kier molecular flexibility index (Phi) is 2.70. The topological polar surface area (TPSA) is 26.0 Å². The van der Waals surface area contributed by atoms with E-state index in [9.17, 15) is 4.39 Å². The van der Waals surface area contributed by atoms with Gasteiger partial charge in [0, 0.05) is 11.1 Å². The molecule has 0 aliphatic heterocycles. The Hall–Kier alpha value is -0.890. The summed E-state index contributed by atoms with van der Waals surface area (Å²) in [5.74, 6) is -0.0740. The van der Waals surface area contributed by atoms with Crippen molar-refractivity contribution in [3.63, 3.8) is 0 Å². The summed E-state index contributed by atoms with van der Waals surface area (Å²) in [5.41, 5.74) is 9.34. The molecule has 0 aromatic heterocycles. The summed E-state index contributed by atoms with van der Waals surface area (Å²) in [6, 6.07) is 3.80. The van der Waals surface area contributed by atoms with Crippen LogP contribution in [0.2, 0.25) is 0 Å². The predicted molar refractivity (Wildman–Crippen MR) is 67.4 cm³/mol. The van der Waals surface area contributed by atoms with Crippen molar-refractivity contribution in [2.24, 2.45) is 5.73 Å². The highest BCUT2D eigenvalue weighted by Gasteiger charge is 2.33. The van der Waals surface area contributed by atoms with Crippen LogP contribution in [-0.2, 0) is 18.4 Å². The second-order valence-electron chi connectivity index (χ2n) is 5.67. The van der Waals surface area contributed by atoms with Gasteiger partial charge in [0.05, 0.1) is 0 Å². The second kappa shape index (κ2) is 4.09. The third kappa shape index (κ3) is 1.89. The number of benzene rings is 1. The minimum Gasteiger partial charge on any atom is -0.321 e. The van der Waals surface area contributed by atoms with Gasteiger partial charge in [0.2, 0.25) is 0 Å². The van der Waals surface area contributed by atoms with E-state index in [1.54, 1.807) is 6.07 Å². The van der Waals surface area contributed by atoms with Crippen LogP contribution in [0.25, 0.3) is 0 Å². The third-order valence-electron chi connectivity index (χ3n) is 4.46. The van der Waals surface area contributed by atoms with Gasteiger partial charge in [-0.25, -0.2) is 4.39 Å². The van der Waals surface area contributed by atoms with Gasteiger partial charge < -0.3 is 5.73 Å². The summed E-state index contributed by atoms with van der Waals surface area (Å²) in [6.45, 7) is 0. The van der Waals surface area contributed by atoms with Crippen LogP contribution >= 0.6 is 0 Å². The number of fused-ring (bicyclic) bond motifs is 1. The molecule has 1 aromatic rings. The first kappa shape index (κ1) is 11.2. The maximum Gasteiger partial charge on any atom is 0.128 e. The Morgan fingerprint density at radius 2 is 1.59 bits per heavy atom. The zero-order valence-electron chi connectivity index (χ0n) is 10.3. The van der Waals surface area contributed by atoms with Crippen LogP contribution in [0, 0.1) is 5.82 Å². The van der Waals surface area contributed by atoms with Gasteiger partial charge in [-0.1, -0.05) is 25.3 Å². The third-order valence-corrected chi connectivity index (χ3v) is 4.46. The first-order valence-electron chi connectivity index (χ1n) is 6.80. The highest BCUT2D eigenvalue weighted by molar-refractivity contribution is 5.39. The molecule has 0 saturated heterocycles. The molecular weight excluding hydrogens is 213 g/mol. The molecule has 2 aliphatic carbocycles. The Labute approximate surface area is 102 Å². The number of rotatable bonds is 1. The molecule has 1 fully saturated rings. The lowest BCUT2D eigenvalue weighted by molar-refractivity contribution is 0.293. The van der Waals surface area contributed by atoms with Gasteiger partial charge in [-0.15, -0.1) is 0 Å². The first-order valence-corrected chi connectivity index (χ1v) is 6.80. The Bertz CT molecular complexity index is 433. The monoisotopic (exact) mass is 233 g/mol. The van der Waals surface area contributed by atoms with E-state index in [1.807, 2.05) is 0 Å². The van der Waals surface area contributed by atoms with Crippen molar-refractivity contribution in [3.05, 3.63) is 34.6 Å². The Morgan fingerprint density at radius 1 is 0.941 bits per heavy atom. The van der Waals surface area contributed by atoms with Crippen LogP contribution in [0.3, 0.4) is 0 Å². The van der Waals surface area contributed by atoms with E-state index in [-0.39, 0.29) is 5.82 Å². The van der Waals surface area contributed by atoms with E-state index in [4.69, 9.17) is 5.73 Å². The van der Waals surface area contributed by atoms with Gasteiger partial charge in [-0.2, -0.15) is 0 Å². The number of nitrogens with two attached hydrogens (primary N) is 1. The fraction of sp³-hybridized carbons (Fsp3) is 0.600. The van der Waals surface area contributed by atoms with Gasteiger partial charge in [-0.05, 0) is 49.3 Å². The Morgan fingerprint density at radius 3 is 2.29 bits per heavy atom. The fourth-order valence-electron chi connectivity index (χ4n) is 3.43. The van der Waals surface area contributed by atoms with Gasteiger partial charge in [-0.3, -0.25) is 0 Å². The molecule has 92 valence electrons. The van der Waals surface area contributed by atoms with E-state index in [2.05, 4.69) is 6.07 Å². The molecule has 17 heavy (non-hydrogen) atoms. The molecule has 1 saturated carbocycles. The maximum atomic E-state index is 14.2. The lowest BCUT2D eigenvalue weighted by atomic mass is 9.76. The fourth-order valence-corrected chi connectivity index (χ4v) is 3.43. The normalized spacial score (nSPS) is 22.5. The minimum atomic E-state index is -0.403. The van der Waals surface area contributed by atoms with Crippen LogP contribution in [0.15, 0.2) is 12.1 Å². The van der Waals surface area contributed by atoms with Gasteiger partial charge in [0.15, 0.2) is 0 Å². The van der Waals surface area contributed by atoms with E-state index in [0.29, 0.717) is 0 Å². The van der Waals surface area contributed by atoms with E-state index in [1.165, 1.54) is 17.5 Å². The molecule has 0 atom stereocenters. The van der Waals surface area contributed by atoms with Gasteiger partial charge in [0.1, 0.15) is 5.82 Å². The highest BCUT2D eigenvalue weighted by Crippen LogP contribution is 2.38. The molecule has 0 bridgehead atoms. The van der Waals surface area contributed by atoms with Crippen LogP contribution in [0.1, 0.15) is 55.2 Å². The molecule has 2 aliphatic rings. The summed E-state index contributed by atoms with van der Waals surface area (Å²) in [6.07, 6.45) is 8.66. The van der Waals surface area contributed by atoms with E-state index >= 15 is 0 Å². The summed E-state index contributed by atoms with van der Waals surface area (Å²) < 4.78 is 14.2. The molecule has 3 rings (SSSR count). The second-order valence-corrected chi connectivity index (χ2v) is 5.67. The molecule has 0 spiro atoms. The molecule has 0 heterocycles. The standard InChI is InChI=1S/C15H20FN/c16-14-10-12-6-4-5-11(12)9-13(14)15(17)7-2-1-3-8-15/h9-10H,1-8,17H2. The van der Waals surface area contributed by atoms with E-state index in [0.717, 1.165) is 50.5 Å². The molecule has 0 amide bonds. The molecule has 2 heteroatoms. The smallest absolute Gasteiger partial charge is 0.128 e. The van der Waals surface area contributed by atoms with Gasteiger partial charge >= 0.3 is 0 Å². The zero-order chi connectivity index (χ0) is 11.9. The largest absolute Gasteiger partial charge is 0.321 e. The molecule has 1 nitrogen and oxygen atoms in total. The minimum absolute atomic E-state index is 0.0740. The SMILES string of the molecule is NC1(c2cc3c(cc2F)CCC3)CCCCC1. The molecule has 1 aromatic carbocycles. The van der Waals surface area contributed by atoms with Gasteiger partial charge in [0.25, 0.3) is 0 Å². The van der Waals surface area contributed by atoms with E-state index < -0.39 is 5.54 Å². The summed E-state index contributed by atoms with van der Waals surface area (Å²) in [5, 5.41) is 0. The highest BCUT2D eigenvalue weighted by atomic mass is 19.1. The lowest BCUT2D eigenvalue weighted by Gasteiger charge is -2.34. The first-order chi connectivity index (χ1) is 8.19. The van der Waals surface area contributed by atoms with Crippen LogP contribution in [-0.4, -0.2) is 0 Å². The maximum absolute atomic E-state index is 14.2. The van der Waals surface area contributed by atoms with Crippen molar-refractivity contribution in [1.29, 1.82) is 0 Å². The molecular formula is C15H20FN. The zero-order valence-corrected chi connectivity index (χ0v) is 10.3. The van der Waals surface area contributed by atoms with Crippen molar-refractivity contribution in [1.82, 2.24) is 0 Å². The summed E-state index contributed by atoms with van der Waals surface area (Å²) in [7, 11) is 0.